The van der Waals surface area contributed by atoms with Gasteiger partial charge in [-0.2, -0.15) is 0 Å². The van der Waals surface area contributed by atoms with Gasteiger partial charge in [-0.15, -0.1) is 0 Å². The monoisotopic (exact) mass is 658 g/mol. The molecule has 0 aliphatic heterocycles. The van der Waals surface area contributed by atoms with Crippen molar-refractivity contribution in [2.45, 2.75) is 27.7 Å². The summed E-state index contributed by atoms with van der Waals surface area (Å²) in [4.78, 5) is 4.76. The summed E-state index contributed by atoms with van der Waals surface area (Å²) in [5.41, 5.74) is 13.3. The molecule has 0 atom stereocenters. The number of fused-ring (bicyclic) bond motifs is 7. The van der Waals surface area contributed by atoms with Crippen LogP contribution in [0.4, 0.5) is 34.1 Å². The van der Waals surface area contributed by atoms with E-state index in [-0.39, 0.29) is 0 Å². The summed E-state index contributed by atoms with van der Waals surface area (Å²) in [5.74, 6) is 0. The van der Waals surface area contributed by atoms with E-state index in [2.05, 4.69) is 195 Å². The minimum atomic E-state index is 0.865. The highest BCUT2D eigenvalue weighted by Crippen LogP contribution is 2.49. The van der Waals surface area contributed by atoms with Gasteiger partial charge in [0.25, 0.3) is 0 Å². The molecule has 0 aliphatic rings. The van der Waals surface area contributed by atoms with Crippen molar-refractivity contribution in [2.75, 3.05) is 9.80 Å². The Kier molecular flexibility index (Phi) is 7.36. The molecular formula is C48H38N2O. The van der Waals surface area contributed by atoms with Gasteiger partial charge in [0.05, 0.1) is 11.4 Å². The molecule has 51 heavy (non-hydrogen) atoms. The number of hydrogen-bond acceptors (Lipinski definition) is 3. The molecule has 1 aromatic heterocycles. The highest BCUT2D eigenvalue weighted by molar-refractivity contribution is 6.30. The van der Waals surface area contributed by atoms with Crippen molar-refractivity contribution < 1.29 is 4.42 Å². The normalized spacial score (nSPS) is 11.5. The fraction of sp³-hybridized carbons (Fsp3) is 0.0833. The molecule has 9 rings (SSSR count). The van der Waals surface area contributed by atoms with Crippen LogP contribution in [0.1, 0.15) is 22.3 Å². The van der Waals surface area contributed by atoms with Crippen LogP contribution in [0.2, 0.25) is 0 Å². The van der Waals surface area contributed by atoms with Gasteiger partial charge in [0.15, 0.2) is 0 Å². The summed E-state index contributed by atoms with van der Waals surface area (Å²) >= 11 is 0. The second-order valence-electron chi connectivity index (χ2n) is 13.6. The zero-order valence-electron chi connectivity index (χ0n) is 29.3. The first kappa shape index (κ1) is 30.7. The van der Waals surface area contributed by atoms with Gasteiger partial charge in [0.2, 0.25) is 0 Å². The van der Waals surface area contributed by atoms with E-state index in [4.69, 9.17) is 4.42 Å². The first-order valence-electron chi connectivity index (χ1n) is 17.6. The molecule has 3 heteroatoms. The number of para-hydroxylation sites is 2. The van der Waals surface area contributed by atoms with Gasteiger partial charge in [-0.25, -0.2) is 0 Å². The zero-order chi connectivity index (χ0) is 34.6. The molecule has 0 unspecified atom stereocenters. The van der Waals surface area contributed by atoms with E-state index in [0.717, 1.165) is 56.1 Å². The van der Waals surface area contributed by atoms with Crippen LogP contribution in [-0.4, -0.2) is 0 Å². The lowest BCUT2D eigenvalue weighted by Gasteiger charge is -2.28. The van der Waals surface area contributed by atoms with Crippen LogP contribution in [0.5, 0.6) is 0 Å². The topological polar surface area (TPSA) is 19.6 Å². The fourth-order valence-corrected chi connectivity index (χ4v) is 7.66. The Morgan fingerprint density at radius 3 is 1.10 bits per heavy atom. The lowest BCUT2D eigenvalue weighted by molar-refractivity contribution is 0.669. The van der Waals surface area contributed by atoms with E-state index in [1.165, 1.54) is 43.8 Å². The average Bonchev–Trinajstić information content (AvgIpc) is 3.54. The Balaban J connectivity index is 1.37. The Hall–Kier alpha value is -6.32. The molecule has 246 valence electrons. The van der Waals surface area contributed by atoms with Crippen molar-refractivity contribution in [1.82, 2.24) is 0 Å². The maximum Gasteiger partial charge on any atom is 0.138 e. The molecule has 0 aliphatic carbocycles. The number of rotatable bonds is 6. The number of hydrogen-bond donors (Lipinski definition) is 0. The van der Waals surface area contributed by atoms with E-state index in [9.17, 15) is 0 Å². The van der Waals surface area contributed by atoms with Crippen LogP contribution in [0, 0.1) is 27.7 Å². The molecule has 8 aromatic carbocycles. The molecule has 0 N–H and O–H groups in total. The lowest BCUT2D eigenvalue weighted by atomic mass is 9.96. The number of anilines is 6. The third-order valence-electron chi connectivity index (χ3n) is 10.2. The maximum absolute atomic E-state index is 7.04. The first-order chi connectivity index (χ1) is 25.0. The van der Waals surface area contributed by atoms with Crippen molar-refractivity contribution in [1.29, 1.82) is 0 Å². The molecular weight excluding hydrogens is 621 g/mol. The van der Waals surface area contributed by atoms with Gasteiger partial charge in [-0.1, -0.05) is 120 Å². The van der Waals surface area contributed by atoms with Crippen molar-refractivity contribution in [3.63, 3.8) is 0 Å². The first-order valence-corrected chi connectivity index (χ1v) is 17.6. The summed E-state index contributed by atoms with van der Waals surface area (Å²) in [6.07, 6.45) is 0. The van der Waals surface area contributed by atoms with Crippen LogP contribution >= 0.6 is 0 Å². The summed E-state index contributed by atoms with van der Waals surface area (Å²) in [6.45, 7) is 8.63. The number of nitrogens with zero attached hydrogens (tertiary/aromatic N) is 2. The van der Waals surface area contributed by atoms with E-state index in [1.807, 2.05) is 0 Å². The van der Waals surface area contributed by atoms with Gasteiger partial charge in [0, 0.05) is 56.4 Å². The van der Waals surface area contributed by atoms with Crippen molar-refractivity contribution in [3.8, 4) is 0 Å². The highest BCUT2D eigenvalue weighted by atomic mass is 16.3. The van der Waals surface area contributed by atoms with Gasteiger partial charge < -0.3 is 14.2 Å². The van der Waals surface area contributed by atoms with E-state index < -0.39 is 0 Å². The van der Waals surface area contributed by atoms with Crippen LogP contribution < -0.4 is 9.80 Å². The number of benzene rings is 8. The average molecular weight is 659 g/mol. The van der Waals surface area contributed by atoms with Crippen LogP contribution in [0.3, 0.4) is 0 Å². The maximum atomic E-state index is 7.04. The molecule has 0 radical (unpaired) electrons. The zero-order valence-corrected chi connectivity index (χ0v) is 29.3. The highest BCUT2D eigenvalue weighted by Gasteiger charge is 2.24. The summed E-state index contributed by atoms with van der Waals surface area (Å²) in [5, 5.41) is 6.96. The fourth-order valence-electron chi connectivity index (χ4n) is 7.66. The molecule has 0 saturated heterocycles. The predicted octanol–water partition coefficient (Wildman–Crippen LogP) is 14.1. The Morgan fingerprint density at radius 1 is 0.353 bits per heavy atom. The Labute approximate surface area is 298 Å². The number of furan rings is 1. The van der Waals surface area contributed by atoms with Crippen molar-refractivity contribution >= 4 is 77.6 Å². The summed E-state index contributed by atoms with van der Waals surface area (Å²) < 4.78 is 7.04. The minimum absolute atomic E-state index is 0.865. The molecule has 9 aromatic rings. The van der Waals surface area contributed by atoms with Crippen LogP contribution in [0.25, 0.3) is 43.5 Å². The molecule has 0 bridgehead atoms. The van der Waals surface area contributed by atoms with E-state index >= 15 is 0 Å². The number of aryl methyl sites for hydroxylation is 4. The second-order valence-corrected chi connectivity index (χ2v) is 13.6. The smallest absolute Gasteiger partial charge is 0.138 e. The molecule has 3 nitrogen and oxygen atoms in total. The summed E-state index contributed by atoms with van der Waals surface area (Å²) in [6, 6.07) is 56.9. The van der Waals surface area contributed by atoms with Crippen LogP contribution in [0.15, 0.2) is 162 Å². The predicted molar refractivity (Wildman–Crippen MR) is 217 cm³/mol. The summed E-state index contributed by atoms with van der Waals surface area (Å²) in [7, 11) is 0. The SMILES string of the molecule is Cc1ccc(N(c2ccccc2C)c2cc3oc4cc(N(c5ccc(C)cc5)c5ccccc5C)c5ccccc5c4c3c3ccccc23)cc1. The molecule has 0 amide bonds. The lowest BCUT2D eigenvalue weighted by Crippen LogP contribution is -2.12. The third kappa shape index (κ3) is 5.13. The Bertz CT molecular complexity index is 2550. The second kappa shape index (κ2) is 12.2. The van der Waals surface area contributed by atoms with Crippen molar-refractivity contribution in [2.24, 2.45) is 0 Å². The van der Waals surface area contributed by atoms with Crippen LogP contribution in [-0.2, 0) is 0 Å². The molecule has 0 fully saturated rings. The molecule has 0 spiro atoms. The van der Waals surface area contributed by atoms with Gasteiger partial charge >= 0.3 is 0 Å². The quantitative estimate of drug-likeness (QED) is 0.177. The molecule has 0 saturated carbocycles. The van der Waals surface area contributed by atoms with E-state index in [1.54, 1.807) is 0 Å². The van der Waals surface area contributed by atoms with Crippen molar-refractivity contribution in [3.05, 3.63) is 180 Å². The standard InChI is InChI=1S/C48H38N2O/c1-31-21-25-35(26-22-31)49(41-19-11-5-13-33(41)3)43-29-45-47(39-17-9-7-15-37(39)43)48-40-18-10-8-16-38(40)44(30-46(48)51-45)50(36-27-23-32(2)24-28-36)42-20-12-6-14-34(42)4/h5-30H,1-4H3. The van der Waals surface area contributed by atoms with Gasteiger partial charge in [-0.05, 0) is 86.0 Å². The minimum Gasteiger partial charge on any atom is -0.456 e. The molecule has 1 heterocycles. The van der Waals surface area contributed by atoms with Gasteiger partial charge in [-0.3, -0.25) is 0 Å². The largest absolute Gasteiger partial charge is 0.456 e. The van der Waals surface area contributed by atoms with Gasteiger partial charge in [0.1, 0.15) is 11.2 Å². The Morgan fingerprint density at radius 2 is 0.706 bits per heavy atom. The third-order valence-corrected chi connectivity index (χ3v) is 10.2. The van der Waals surface area contributed by atoms with E-state index in [0.29, 0.717) is 0 Å².